The van der Waals surface area contributed by atoms with Gasteiger partial charge in [-0.3, -0.25) is 4.90 Å². The van der Waals surface area contributed by atoms with Gasteiger partial charge in [0, 0.05) is 44.0 Å². The van der Waals surface area contributed by atoms with Gasteiger partial charge in [0.1, 0.15) is 12.1 Å². The number of anilines is 1. The Labute approximate surface area is 130 Å². The number of fused-ring (bicyclic) bond motifs is 1. The van der Waals surface area contributed by atoms with Crippen molar-refractivity contribution < 1.29 is 4.52 Å². The Kier molecular flexibility index (Phi) is 3.33. The fourth-order valence-corrected chi connectivity index (χ4v) is 3.73. The van der Waals surface area contributed by atoms with E-state index in [0.29, 0.717) is 0 Å². The molecule has 0 amide bonds. The molecule has 2 aliphatic heterocycles. The molecule has 2 saturated heterocycles. The number of aromatic nitrogens is 3. The first-order chi connectivity index (χ1) is 10.7. The van der Waals surface area contributed by atoms with Crippen LogP contribution in [0.3, 0.4) is 0 Å². The van der Waals surface area contributed by atoms with E-state index in [-0.39, 0.29) is 0 Å². The summed E-state index contributed by atoms with van der Waals surface area (Å²) in [6.45, 7) is 9.30. The highest BCUT2D eigenvalue weighted by Crippen LogP contribution is 2.33. The van der Waals surface area contributed by atoms with Crippen molar-refractivity contribution in [2.75, 3.05) is 31.1 Å². The molecule has 6 nitrogen and oxygen atoms in total. The standard InChI is InChI=1S/C16H21N5O/c1-11-4-16(18-10-17-11)21-7-13-5-20(6-14(13)8-21)9-15-3-12(2)19-22-15/h3-4,10,13-14H,5-9H2,1-2H3. The average Bonchev–Trinajstić information content (AvgIpc) is 3.14. The molecule has 0 aromatic carbocycles. The lowest BCUT2D eigenvalue weighted by molar-refractivity contribution is 0.260. The molecule has 0 saturated carbocycles. The van der Waals surface area contributed by atoms with Crippen LogP contribution in [0, 0.1) is 25.7 Å². The quantitative estimate of drug-likeness (QED) is 0.859. The molecular formula is C16H21N5O. The molecule has 2 unspecified atom stereocenters. The van der Waals surface area contributed by atoms with Crippen LogP contribution in [0.5, 0.6) is 0 Å². The minimum absolute atomic E-state index is 0.722. The normalized spacial score (nSPS) is 24.9. The summed E-state index contributed by atoms with van der Waals surface area (Å²) in [6.07, 6.45) is 1.66. The molecule has 6 heteroatoms. The zero-order valence-corrected chi connectivity index (χ0v) is 13.1. The van der Waals surface area contributed by atoms with Crippen molar-refractivity contribution in [1.82, 2.24) is 20.0 Å². The van der Waals surface area contributed by atoms with Crippen LogP contribution in [0.15, 0.2) is 23.0 Å². The molecule has 4 rings (SSSR count). The summed E-state index contributed by atoms with van der Waals surface area (Å²) in [5.74, 6) is 3.48. The summed E-state index contributed by atoms with van der Waals surface area (Å²) in [5, 5.41) is 3.97. The smallest absolute Gasteiger partial charge is 0.150 e. The van der Waals surface area contributed by atoms with Gasteiger partial charge in [-0.15, -0.1) is 0 Å². The van der Waals surface area contributed by atoms with Gasteiger partial charge in [0.05, 0.1) is 12.2 Å². The Hall–Kier alpha value is -1.95. The molecule has 0 bridgehead atoms. The number of nitrogens with zero attached hydrogens (tertiary/aromatic N) is 5. The lowest BCUT2D eigenvalue weighted by atomic mass is 10.0. The first-order valence-corrected chi connectivity index (χ1v) is 7.85. The van der Waals surface area contributed by atoms with E-state index in [2.05, 4.69) is 31.0 Å². The minimum Gasteiger partial charge on any atom is -0.360 e. The molecule has 2 atom stereocenters. The van der Waals surface area contributed by atoms with Crippen LogP contribution >= 0.6 is 0 Å². The fourth-order valence-electron chi connectivity index (χ4n) is 3.73. The third-order valence-electron chi connectivity index (χ3n) is 4.73. The van der Waals surface area contributed by atoms with Crippen LogP contribution in [0.4, 0.5) is 5.82 Å². The molecule has 0 radical (unpaired) electrons. The minimum atomic E-state index is 0.722. The van der Waals surface area contributed by atoms with Crippen molar-refractivity contribution in [2.24, 2.45) is 11.8 Å². The third-order valence-corrected chi connectivity index (χ3v) is 4.73. The second-order valence-corrected chi connectivity index (χ2v) is 6.57. The highest BCUT2D eigenvalue weighted by molar-refractivity contribution is 5.40. The molecule has 2 aromatic rings. The average molecular weight is 299 g/mol. The van der Waals surface area contributed by atoms with Crippen molar-refractivity contribution in [3.8, 4) is 0 Å². The van der Waals surface area contributed by atoms with Crippen molar-refractivity contribution in [3.05, 3.63) is 35.6 Å². The van der Waals surface area contributed by atoms with E-state index in [1.54, 1.807) is 6.33 Å². The number of hydrogen-bond donors (Lipinski definition) is 0. The van der Waals surface area contributed by atoms with Gasteiger partial charge in [-0.05, 0) is 25.7 Å². The zero-order chi connectivity index (χ0) is 15.1. The van der Waals surface area contributed by atoms with Gasteiger partial charge in [-0.2, -0.15) is 0 Å². The van der Waals surface area contributed by atoms with Gasteiger partial charge < -0.3 is 9.42 Å². The summed E-state index contributed by atoms with van der Waals surface area (Å²) < 4.78 is 5.33. The lowest BCUT2D eigenvalue weighted by Crippen LogP contribution is -2.29. The van der Waals surface area contributed by atoms with Crippen LogP contribution in [-0.2, 0) is 6.54 Å². The van der Waals surface area contributed by atoms with E-state index >= 15 is 0 Å². The predicted octanol–water partition coefficient (Wildman–Crippen LogP) is 1.65. The maximum Gasteiger partial charge on any atom is 0.150 e. The maximum absolute atomic E-state index is 5.33. The molecule has 0 aliphatic carbocycles. The van der Waals surface area contributed by atoms with E-state index in [1.807, 2.05) is 19.9 Å². The molecule has 116 valence electrons. The number of likely N-dealkylation sites (tertiary alicyclic amines) is 1. The maximum atomic E-state index is 5.33. The molecule has 2 aromatic heterocycles. The summed E-state index contributed by atoms with van der Waals surface area (Å²) in [6, 6.07) is 4.11. The van der Waals surface area contributed by atoms with Gasteiger partial charge >= 0.3 is 0 Å². The van der Waals surface area contributed by atoms with Crippen molar-refractivity contribution in [1.29, 1.82) is 0 Å². The second-order valence-electron chi connectivity index (χ2n) is 6.57. The summed E-state index contributed by atoms with van der Waals surface area (Å²) in [5.41, 5.74) is 1.99. The Morgan fingerprint density at radius 3 is 2.45 bits per heavy atom. The van der Waals surface area contributed by atoms with E-state index in [1.165, 1.54) is 0 Å². The number of rotatable bonds is 3. The Morgan fingerprint density at radius 2 is 1.82 bits per heavy atom. The molecule has 4 heterocycles. The highest BCUT2D eigenvalue weighted by atomic mass is 16.5. The van der Waals surface area contributed by atoms with Gasteiger partial charge in [-0.25, -0.2) is 9.97 Å². The SMILES string of the molecule is Cc1cc(N2CC3CN(Cc4cc(C)no4)CC3C2)ncn1. The van der Waals surface area contributed by atoms with Crippen molar-refractivity contribution in [3.63, 3.8) is 0 Å². The molecule has 2 aliphatic rings. The number of aryl methyl sites for hydroxylation is 2. The van der Waals surface area contributed by atoms with Crippen molar-refractivity contribution >= 4 is 5.82 Å². The monoisotopic (exact) mass is 299 g/mol. The molecule has 2 fully saturated rings. The first-order valence-electron chi connectivity index (χ1n) is 7.85. The molecule has 22 heavy (non-hydrogen) atoms. The number of hydrogen-bond acceptors (Lipinski definition) is 6. The Bertz CT molecular complexity index is 656. The van der Waals surface area contributed by atoms with E-state index in [4.69, 9.17) is 4.52 Å². The first kappa shape index (κ1) is 13.7. The van der Waals surface area contributed by atoms with Crippen LogP contribution in [0.25, 0.3) is 0 Å². The molecule has 0 N–H and O–H groups in total. The van der Waals surface area contributed by atoms with Crippen LogP contribution in [-0.4, -0.2) is 46.2 Å². The van der Waals surface area contributed by atoms with Crippen LogP contribution in [0.1, 0.15) is 17.1 Å². The Morgan fingerprint density at radius 1 is 1.05 bits per heavy atom. The predicted molar refractivity (Wildman–Crippen MR) is 82.5 cm³/mol. The zero-order valence-electron chi connectivity index (χ0n) is 13.1. The summed E-state index contributed by atoms with van der Waals surface area (Å²) >= 11 is 0. The van der Waals surface area contributed by atoms with E-state index in [0.717, 1.165) is 67.5 Å². The van der Waals surface area contributed by atoms with Crippen LogP contribution in [0.2, 0.25) is 0 Å². The summed E-state index contributed by atoms with van der Waals surface area (Å²) in [4.78, 5) is 13.5. The van der Waals surface area contributed by atoms with Gasteiger partial charge in [0.2, 0.25) is 0 Å². The largest absolute Gasteiger partial charge is 0.360 e. The van der Waals surface area contributed by atoms with E-state index in [9.17, 15) is 0 Å². The Balaban J connectivity index is 1.38. The lowest BCUT2D eigenvalue weighted by Gasteiger charge is -2.21. The van der Waals surface area contributed by atoms with Crippen LogP contribution < -0.4 is 4.90 Å². The van der Waals surface area contributed by atoms with Crippen molar-refractivity contribution in [2.45, 2.75) is 20.4 Å². The topological polar surface area (TPSA) is 58.3 Å². The molecular weight excluding hydrogens is 278 g/mol. The van der Waals surface area contributed by atoms with E-state index < -0.39 is 0 Å². The molecule has 0 spiro atoms. The highest BCUT2D eigenvalue weighted by Gasteiger charge is 2.40. The second kappa shape index (κ2) is 5.35. The third kappa shape index (κ3) is 2.59. The van der Waals surface area contributed by atoms with Gasteiger partial charge in [0.25, 0.3) is 0 Å². The van der Waals surface area contributed by atoms with Gasteiger partial charge in [-0.1, -0.05) is 5.16 Å². The fraction of sp³-hybridized carbons (Fsp3) is 0.562. The summed E-state index contributed by atoms with van der Waals surface area (Å²) in [7, 11) is 0. The van der Waals surface area contributed by atoms with Gasteiger partial charge in [0.15, 0.2) is 5.76 Å².